The van der Waals surface area contributed by atoms with E-state index < -0.39 is 5.82 Å². The Morgan fingerprint density at radius 3 is 2.48 bits per heavy atom. The quantitative estimate of drug-likeness (QED) is 0.539. The van der Waals surface area contributed by atoms with Crippen molar-refractivity contribution >= 4 is 22.4 Å². The summed E-state index contributed by atoms with van der Waals surface area (Å²) in [6, 6.07) is 22.9. The van der Waals surface area contributed by atoms with E-state index >= 15 is 0 Å². The lowest BCUT2D eigenvalue weighted by Crippen LogP contribution is -2.11. The molecular formula is C21H14FNO2. The molecule has 0 saturated carbocycles. The number of hydrogen-bond acceptors (Lipinski definition) is 2. The smallest absolute Gasteiger partial charge is 0.291 e. The van der Waals surface area contributed by atoms with Crippen molar-refractivity contribution in [2.24, 2.45) is 0 Å². The molecule has 3 aromatic carbocycles. The third-order valence-electron chi connectivity index (χ3n) is 4.01. The van der Waals surface area contributed by atoms with Gasteiger partial charge in [-0.3, -0.25) is 4.79 Å². The molecule has 0 atom stereocenters. The van der Waals surface area contributed by atoms with E-state index in [2.05, 4.69) is 5.32 Å². The normalized spacial score (nSPS) is 10.8. The van der Waals surface area contributed by atoms with Crippen LogP contribution in [0.4, 0.5) is 10.1 Å². The Balaban J connectivity index is 1.63. The molecule has 4 heteroatoms. The Kier molecular flexibility index (Phi) is 3.78. The fourth-order valence-corrected chi connectivity index (χ4v) is 2.78. The van der Waals surface area contributed by atoms with Crippen LogP contribution in [-0.2, 0) is 0 Å². The zero-order valence-electron chi connectivity index (χ0n) is 13.2. The van der Waals surface area contributed by atoms with E-state index in [9.17, 15) is 9.18 Å². The van der Waals surface area contributed by atoms with E-state index in [4.69, 9.17) is 4.42 Å². The van der Waals surface area contributed by atoms with Crippen molar-refractivity contribution in [2.75, 3.05) is 5.32 Å². The Bertz CT molecular complexity index is 1060. The van der Waals surface area contributed by atoms with Crippen molar-refractivity contribution in [3.05, 3.63) is 90.4 Å². The molecule has 0 spiro atoms. The zero-order chi connectivity index (χ0) is 17.2. The molecule has 4 rings (SSSR count). The lowest BCUT2D eigenvalue weighted by Gasteiger charge is -2.07. The van der Waals surface area contributed by atoms with Crippen LogP contribution in [0.2, 0.25) is 0 Å². The highest BCUT2D eigenvalue weighted by Gasteiger charge is 2.15. The van der Waals surface area contributed by atoms with Gasteiger partial charge in [-0.05, 0) is 35.7 Å². The molecule has 1 amide bonds. The number of furan rings is 1. The number of amides is 1. The summed E-state index contributed by atoms with van der Waals surface area (Å²) in [5.74, 6) is -0.316. The van der Waals surface area contributed by atoms with Gasteiger partial charge in [-0.1, -0.05) is 48.5 Å². The molecule has 122 valence electrons. The summed E-state index contributed by atoms with van der Waals surface area (Å²) in [6.07, 6.45) is 0. The Labute approximate surface area is 143 Å². The number of carbonyl (C=O) groups excluding carboxylic acids is 1. The molecule has 0 aliphatic carbocycles. The van der Waals surface area contributed by atoms with Crippen LogP contribution in [0.1, 0.15) is 10.6 Å². The van der Waals surface area contributed by atoms with Gasteiger partial charge in [0.2, 0.25) is 0 Å². The zero-order valence-corrected chi connectivity index (χ0v) is 13.2. The second-order valence-corrected chi connectivity index (χ2v) is 5.62. The molecule has 4 aromatic rings. The fourth-order valence-electron chi connectivity index (χ4n) is 2.78. The maximum atomic E-state index is 13.8. The summed E-state index contributed by atoms with van der Waals surface area (Å²) in [6.45, 7) is 0. The second-order valence-electron chi connectivity index (χ2n) is 5.62. The molecule has 3 nitrogen and oxygen atoms in total. The van der Waals surface area contributed by atoms with Gasteiger partial charge >= 0.3 is 0 Å². The van der Waals surface area contributed by atoms with Crippen molar-refractivity contribution in [1.82, 2.24) is 0 Å². The largest absolute Gasteiger partial charge is 0.451 e. The van der Waals surface area contributed by atoms with Crippen LogP contribution in [-0.4, -0.2) is 5.91 Å². The van der Waals surface area contributed by atoms with Gasteiger partial charge in [0.05, 0.1) is 5.56 Å². The molecule has 0 aliphatic rings. The molecule has 0 radical (unpaired) electrons. The van der Waals surface area contributed by atoms with Gasteiger partial charge in [0, 0.05) is 11.1 Å². The van der Waals surface area contributed by atoms with Crippen molar-refractivity contribution in [3.63, 3.8) is 0 Å². The van der Waals surface area contributed by atoms with Crippen LogP contribution < -0.4 is 5.32 Å². The first-order chi connectivity index (χ1) is 12.2. The van der Waals surface area contributed by atoms with Crippen LogP contribution in [0.25, 0.3) is 22.1 Å². The van der Waals surface area contributed by atoms with Crippen molar-refractivity contribution < 1.29 is 13.6 Å². The molecule has 1 heterocycles. The summed E-state index contributed by atoms with van der Waals surface area (Å²) in [4.78, 5) is 12.5. The number of halogens is 1. The highest BCUT2D eigenvalue weighted by atomic mass is 19.1. The fraction of sp³-hybridized carbons (Fsp3) is 0. The third-order valence-corrected chi connectivity index (χ3v) is 4.01. The van der Waals surface area contributed by atoms with E-state index in [-0.39, 0.29) is 11.7 Å². The van der Waals surface area contributed by atoms with Crippen LogP contribution in [0.5, 0.6) is 0 Å². The number of benzene rings is 3. The Morgan fingerprint density at radius 2 is 1.60 bits per heavy atom. The minimum Gasteiger partial charge on any atom is -0.451 e. The lowest BCUT2D eigenvalue weighted by atomic mass is 10.1. The first kappa shape index (κ1) is 15.1. The highest BCUT2D eigenvalue weighted by molar-refractivity contribution is 6.08. The van der Waals surface area contributed by atoms with Gasteiger partial charge in [-0.2, -0.15) is 0 Å². The van der Waals surface area contributed by atoms with Gasteiger partial charge in [-0.15, -0.1) is 0 Å². The first-order valence-corrected chi connectivity index (χ1v) is 7.86. The van der Waals surface area contributed by atoms with Gasteiger partial charge in [0.25, 0.3) is 5.91 Å². The molecular weight excluding hydrogens is 317 g/mol. The monoisotopic (exact) mass is 331 g/mol. The van der Waals surface area contributed by atoms with E-state index in [1.54, 1.807) is 30.3 Å². The van der Waals surface area contributed by atoms with Gasteiger partial charge in [0.1, 0.15) is 11.6 Å². The summed E-state index contributed by atoms with van der Waals surface area (Å²) < 4.78 is 19.4. The summed E-state index contributed by atoms with van der Waals surface area (Å²) in [5, 5.41) is 4.83. The van der Waals surface area contributed by atoms with Crippen molar-refractivity contribution in [1.29, 1.82) is 0 Å². The summed E-state index contributed by atoms with van der Waals surface area (Å²) in [5.41, 5.74) is 1.03. The van der Waals surface area contributed by atoms with E-state index in [0.717, 1.165) is 10.8 Å². The molecule has 0 bridgehead atoms. The highest BCUT2D eigenvalue weighted by Crippen LogP contribution is 2.27. The maximum Gasteiger partial charge on any atom is 0.291 e. The minimum absolute atomic E-state index is 0.131. The van der Waals surface area contributed by atoms with Gasteiger partial charge in [0.15, 0.2) is 5.76 Å². The first-order valence-electron chi connectivity index (χ1n) is 7.86. The van der Waals surface area contributed by atoms with E-state index in [1.807, 2.05) is 42.5 Å². The number of nitrogens with one attached hydrogen (secondary N) is 1. The number of carbonyl (C=O) groups is 1. The van der Waals surface area contributed by atoms with Crippen molar-refractivity contribution in [3.8, 4) is 11.3 Å². The number of rotatable bonds is 3. The minimum atomic E-state index is -0.391. The molecule has 0 aliphatic heterocycles. The SMILES string of the molecule is O=C(Nc1cccc2ccccc12)c1ccc(-c2ccccc2F)o1. The summed E-state index contributed by atoms with van der Waals surface area (Å²) in [7, 11) is 0. The van der Waals surface area contributed by atoms with Crippen LogP contribution in [0, 0.1) is 5.82 Å². The number of fused-ring (bicyclic) bond motifs is 1. The topological polar surface area (TPSA) is 42.2 Å². The molecule has 0 fully saturated rings. The average Bonchev–Trinajstić information content (AvgIpc) is 3.12. The average molecular weight is 331 g/mol. The van der Waals surface area contributed by atoms with E-state index in [1.165, 1.54) is 6.07 Å². The summed E-state index contributed by atoms with van der Waals surface area (Å²) >= 11 is 0. The van der Waals surface area contributed by atoms with Crippen LogP contribution in [0.3, 0.4) is 0 Å². The Hall–Kier alpha value is -3.40. The number of anilines is 1. The predicted molar refractivity (Wildman–Crippen MR) is 96.0 cm³/mol. The lowest BCUT2D eigenvalue weighted by molar-refractivity contribution is 0.0997. The van der Waals surface area contributed by atoms with Crippen LogP contribution in [0.15, 0.2) is 83.3 Å². The predicted octanol–water partition coefficient (Wildman–Crippen LogP) is 5.49. The molecule has 1 N–H and O–H groups in total. The van der Waals surface area contributed by atoms with Crippen molar-refractivity contribution in [2.45, 2.75) is 0 Å². The molecule has 1 aromatic heterocycles. The molecule has 0 unspecified atom stereocenters. The molecule has 25 heavy (non-hydrogen) atoms. The van der Waals surface area contributed by atoms with Crippen LogP contribution >= 0.6 is 0 Å². The van der Waals surface area contributed by atoms with Gasteiger partial charge in [-0.25, -0.2) is 4.39 Å². The van der Waals surface area contributed by atoms with E-state index in [0.29, 0.717) is 17.0 Å². The van der Waals surface area contributed by atoms with Gasteiger partial charge < -0.3 is 9.73 Å². The standard InChI is InChI=1S/C21H14FNO2/c22-17-10-4-3-9-16(17)19-12-13-20(25-19)21(24)23-18-11-5-7-14-6-1-2-8-15(14)18/h1-13H,(H,23,24). The third kappa shape index (κ3) is 2.90. The molecule has 0 saturated heterocycles. The number of hydrogen-bond donors (Lipinski definition) is 1. The Morgan fingerprint density at radius 1 is 0.840 bits per heavy atom. The second kappa shape index (κ2) is 6.24. The maximum absolute atomic E-state index is 13.8.